The van der Waals surface area contributed by atoms with Crippen LogP contribution in [0.5, 0.6) is 0 Å². The molecule has 0 atom stereocenters. The van der Waals surface area contributed by atoms with Gasteiger partial charge in [0.2, 0.25) is 5.91 Å². The summed E-state index contributed by atoms with van der Waals surface area (Å²) in [6, 6.07) is 0. The molecule has 116 valence electrons. The van der Waals surface area contributed by atoms with Crippen molar-refractivity contribution in [1.29, 1.82) is 0 Å². The van der Waals surface area contributed by atoms with Gasteiger partial charge in [-0.15, -0.1) is 0 Å². The molecule has 6 heteroatoms. The molecule has 1 saturated heterocycles. The minimum Gasteiger partial charge on any atom is -0.370 e. The largest absolute Gasteiger partial charge is 0.370 e. The van der Waals surface area contributed by atoms with E-state index in [4.69, 9.17) is 0 Å². The van der Waals surface area contributed by atoms with E-state index in [-0.39, 0.29) is 5.91 Å². The SMILES string of the molecule is CCCNc1ncnc(N2CCCNC(=O)C2)c1C(C)C. The fraction of sp³-hybridized carbons (Fsp3) is 0.667. The van der Waals surface area contributed by atoms with Crippen LogP contribution in [0.4, 0.5) is 11.6 Å². The molecule has 0 radical (unpaired) electrons. The molecule has 1 aromatic heterocycles. The Morgan fingerprint density at radius 1 is 1.43 bits per heavy atom. The standard InChI is InChI=1S/C15H25N5O/c1-4-6-17-14-13(11(2)3)15(19-10-18-14)20-8-5-7-16-12(21)9-20/h10-11H,4-9H2,1-3H3,(H,16,21)(H,17,18,19). The molecule has 1 aromatic rings. The Kier molecular flexibility index (Phi) is 5.36. The predicted octanol–water partition coefficient (Wildman–Crippen LogP) is 1.75. The van der Waals surface area contributed by atoms with Gasteiger partial charge < -0.3 is 15.5 Å². The van der Waals surface area contributed by atoms with Gasteiger partial charge in [0.15, 0.2) is 0 Å². The van der Waals surface area contributed by atoms with Gasteiger partial charge in [-0.3, -0.25) is 4.79 Å². The molecule has 1 aliphatic rings. The summed E-state index contributed by atoms with van der Waals surface area (Å²) in [4.78, 5) is 22.7. The molecule has 2 rings (SSSR count). The normalized spacial score (nSPS) is 15.8. The van der Waals surface area contributed by atoms with Gasteiger partial charge in [-0.2, -0.15) is 0 Å². The first-order chi connectivity index (χ1) is 10.1. The Hall–Kier alpha value is -1.85. The Labute approximate surface area is 126 Å². The van der Waals surface area contributed by atoms with Gasteiger partial charge >= 0.3 is 0 Å². The van der Waals surface area contributed by atoms with Gasteiger partial charge in [0.25, 0.3) is 0 Å². The average molecular weight is 291 g/mol. The highest BCUT2D eigenvalue weighted by Crippen LogP contribution is 2.31. The second-order valence-electron chi connectivity index (χ2n) is 5.67. The first kappa shape index (κ1) is 15.5. The first-order valence-electron chi connectivity index (χ1n) is 7.73. The third-order valence-electron chi connectivity index (χ3n) is 3.54. The number of carbonyl (C=O) groups is 1. The van der Waals surface area contributed by atoms with Crippen LogP contribution in [0.3, 0.4) is 0 Å². The van der Waals surface area contributed by atoms with Crippen LogP contribution in [-0.2, 0) is 4.79 Å². The number of nitrogens with one attached hydrogen (secondary N) is 2. The number of hydrogen-bond acceptors (Lipinski definition) is 5. The number of aromatic nitrogens is 2. The lowest BCUT2D eigenvalue weighted by molar-refractivity contribution is -0.119. The number of nitrogens with zero attached hydrogens (tertiary/aromatic N) is 3. The summed E-state index contributed by atoms with van der Waals surface area (Å²) in [7, 11) is 0. The minimum absolute atomic E-state index is 0.0592. The fourth-order valence-corrected chi connectivity index (χ4v) is 2.54. The summed E-state index contributed by atoms with van der Waals surface area (Å²) in [5, 5.41) is 6.27. The molecule has 0 spiro atoms. The molecule has 2 N–H and O–H groups in total. The highest BCUT2D eigenvalue weighted by Gasteiger charge is 2.22. The summed E-state index contributed by atoms with van der Waals surface area (Å²) in [5.74, 6) is 2.13. The van der Waals surface area contributed by atoms with Crippen LogP contribution in [0.2, 0.25) is 0 Å². The van der Waals surface area contributed by atoms with Crippen LogP contribution in [0.25, 0.3) is 0 Å². The van der Waals surface area contributed by atoms with Crippen LogP contribution in [0, 0.1) is 0 Å². The molecule has 21 heavy (non-hydrogen) atoms. The lowest BCUT2D eigenvalue weighted by Gasteiger charge is -2.25. The monoisotopic (exact) mass is 291 g/mol. The predicted molar refractivity (Wildman–Crippen MR) is 84.7 cm³/mol. The molecule has 0 unspecified atom stereocenters. The van der Waals surface area contributed by atoms with E-state index in [1.165, 1.54) is 0 Å². The Balaban J connectivity index is 2.34. The van der Waals surface area contributed by atoms with Crippen LogP contribution in [0.1, 0.15) is 45.1 Å². The van der Waals surface area contributed by atoms with Crippen molar-refractivity contribution in [3.63, 3.8) is 0 Å². The number of hydrogen-bond donors (Lipinski definition) is 2. The van der Waals surface area contributed by atoms with Gasteiger partial charge in [-0.1, -0.05) is 20.8 Å². The van der Waals surface area contributed by atoms with Crippen LogP contribution >= 0.6 is 0 Å². The Bertz CT molecular complexity index is 489. The fourth-order valence-electron chi connectivity index (χ4n) is 2.54. The van der Waals surface area contributed by atoms with Crippen LogP contribution in [-0.4, -0.2) is 42.1 Å². The molecule has 1 fully saturated rings. The quantitative estimate of drug-likeness (QED) is 0.865. The third kappa shape index (κ3) is 3.83. The zero-order valence-corrected chi connectivity index (χ0v) is 13.1. The molecular formula is C15H25N5O. The number of anilines is 2. The van der Waals surface area contributed by atoms with E-state index >= 15 is 0 Å². The highest BCUT2D eigenvalue weighted by molar-refractivity contribution is 5.82. The summed E-state index contributed by atoms with van der Waals surface area (Å²) in [6.45, 7) is 9.22. The molecular weight excluding hydrogens is 266 g/mol. The Morgan fingerprint density at radius 3 is 2.95 bits per heavy atom. The molecule has 2 heterocycles. The topological polar surface area (TPSA) is 70.2 Å². The van der Waals surface area contributed by atoms with Crippen LogP contribution in [0.15, 0.2) is 6.33 Å². The van der Waals surface area contributed by atoms with Crippen molar-refractivity contribution >= 4 is 17.5 Å². The molecule has 6 nitrogen and oxygen atoms in total. The van der Waals surface area contributed by atoms with Gasteiger partial charge in [-0.25, -0.2) is 9.97 Å². The first-order valence-corrected chi connectivity index (χ1v) is 7.73. The van der Waals surface area contributed by atoms with Gasteiger partial charge in [0, 0.05) is 25.2 Å². The Morgan fingerprint density at radius 2 is 2.24 bits per heavy atom. The summed E-state index contributed by atoms with van der Waals surface area (Å²) in [6.07, 6.45) is 3.57. The lowest BCUT2D eigenvalue weighted by Crippen LogP contribution is -2.34. The van der Waals surface area contributed by atoms with Crippen molar-refractivity contribution in [3.05, 3.63) is 11.9 Å². The van der Waals surface area contributed by atoms with Crippen molar-refractivity contribution < 1.29 is 4.79 Å². The zero-order chi connectivity index (χ0) is 15.2. The minimum atomic E-state index is 0.0592. The number of rotatable bonds is 5. The van der Waals surface area contributed by atoms with E-state index in [9.17, 15) is 4.79 Å². The maximum atomic E-state index is 11.8. The van der Waals surface area contributed by atoms with Crippen molar-refractivity contribution in [2.24, 2.45) is 0 Å². The maximum absolute atomic E-state index is 11.8. The molecule has 0 bridgehead atoms. The molecule has 1 amide bonds. The molecule has 0 aromatic carbocycles. The summed E-state index contributed by atoms with van der Waals surface area (Å²) in [5.41, 5.74) is 1.10. The average Bonchev–Trinajstić information content (AvgIpc) is 2.69. The number of carbonyl (C=O) groups excluding carboxylic acids is 1. The summed E-state index contributed by atoms with van der Waals surface area (Å²) < 4.78 is 0. The van der Waals surface area contributed by atoms with Crippen molar-refractivity contribution in [2.75, 3.05) is 36.4 Å². The second kappa shape index (κ2) is 7.24. The van der Waals surface area contributed by atoms with E-state index in [2.05, 4.69) is 46.3 Å². The lowest BCUT2D eigenvalue weighted by atomic mass is 10.0. The molecule has 0 saturated carbocycles. The van der Waals surface area contributed by atoms with Crippen molar-refractivity contribution in [1.82, 2.24) is 15.3 Å². The zero-order valence-electron chi connectivity index (χ0n) is 13.1. The number of amides is 1. The third-order valence-corrected chi connectivity index (χ3v) is 3.54. The smallest absolute Gasteiger partial charge is 0.239 e. The summed E-state index contributed by atoms with van der Waals surface area (Å²) >= 11 is 0. The highest BCUT2D eigenvalue weighted by atomic mass is 16.2. The maximum Gasteiger partial charge on any atom is 0.239 e. The van der Waals surface area contributed by atoms with Gasteiger partial charge in [0.05, 0.1) is 6.54 Å². The second-order valence-corrected chi connectivity index (χ2v) is 5.67. The van der Waals surface area contributed by atoms with E-state index < -0.39 is 0 Å². The molecule has 1 aliphatic heterocycles. The molecule has 0 aliphatic carbocycles. The van der Waals surface area contributed by atoms with E-state index in [0.29, 0.717) is 12.5 Å². The van der Waals surface area contributed by atoms with Crippen molar-refractivity contribution in [2.45, 2.75) is 39.5 Å². The van der Waals surface area contributed by atoms with Gasteiger partial charge in [-0.05, 0) is 18.8 Å². The van der Waals surface area contributed by atoms with Crippen LogP contribution < -0.4 is 15.5 Å². The van der Waals surface area contributed by atoms with E-state index in [1.54, 1.807) is 6.33 Å². The van der Waals surface area contributed by atoms with E-state index in [1.807, 2.05) is 0 Å². The van der Waals surface area contributed by atoms with Gasteiger partial charge in [0.1, 0.15) is 18.0 Å². The van der Waals surface area contributed by atoms with Crippen molar-refractivity contribution in [3.8, 4) is 0 Å². The van der Waals surface area contributed by atoms with E-state index in [0.717, 1.165) is 49.7 Å².